The van der Waals surface area contributed by atoms with E-state index in [4.69, 9.17) is 20.8 Å². The molecule has 1 N–H and O–H groups in total. The number of rotatable bonds is 5. The number of nitrogens with zero attached hydrogens (tertiary/aromatic N) is 2. The number of aryl methyl sites for hydroxylation is 3. The van der Waals surface area contributed by atoms with Crippen molar-refractivity contribution in [2.75, 3.05) is 0 Å². The van der Waals surface area contributed by atoms with Crippen molar-refractivity contribution in [3.8, 4) is 5.75 Å². The number of ether oxygens (including phenoxy) is 1. The van der Waals surface area contributed by atoms with Crippen LogP contribution in [-0.2, 0) is 6.42 Å². The van der Waals surface area contributed by atoms with Gasteiger partial charge in [0.25, 0.3) is 11.6 Å². The number of hydrazone groups is 1. The Morgan fingerprint density at radius 3 is 2.51 bits per heavy atom. The van der Waals surface area contributed by atoms with E-state index < -0.39 is 16.8 Å². The lowest BCUT2D eigenvalue weighted by Gasteiger charge is -2.13. The van der Waals surface area contributed by atoms with Crippen LogP contribution in [0.4, 0.5) is 5.69 Å². The molecule has 10 heteroatoms. The largest absolute Gasteiger partial charge is 0.453 e. The van der Waals surface area contributed by atoms with Gasteiger partial charge in [-0.1, -0.05) is 17.7 Å². The van der Waals surface area contributed by atoms with E-state index in [2.05, 4.69) is 10.5 Å². The van der Waals surface area contributed by atoms with Gasteiger partial charge in [-0.25, -0.2) is 10.2 Å². The number of hydrogen-bond acceptors (Lipinski definition) is 7. The SMILES string of the molecule is Cc1cc(C)cc(OC(=O)c2oc3c(c2C)/C(=N/NC(=O)c2ccc(Cl)c([N+](=O)[O-])c2)CCC3)c1. The van der Waals surface area contributed by atoms with E-state index in [1.54, 1.807) is 19.1 Å². The van der Waals surface area contributed by atoms with Crippen molar-refractivity contribution in [3.05, 3.63) is 90.9 Å². The minimum absolute atomic E-state index is 0.0445. The lowest BCUT2D eigenvalue weighted by atomic mass is 9.93. The van der Waals surface area contributed by atoms with Crippen LogP contribution in [0.1, 0.15) is 61.8 Å². The monoisotopic (exact) mass is 495 g/mol. The Morgan fingerprint density at radius 1 is 1.11 bits per heavy atom. The van der Waals surface area contributed by atoms with Gasteiger partial charge in [-0.3, -0.25) is 14.9 Å². The molecule has 1 aromatic heterocycles. The second-order valence-electron chi connectivity index (χ2n) is 8.34. The second-order valence-corrected chi connectivity index (χ2v) is 8.75. The summed E-state index contributed by atoms with van der Waals surface area (Å²) in [4.78, 5) is 35.9. The van der Waals surface area contributed by atoms with Gasteiger partial charge in [-0.05, 0) is 69.0 Å². The summed E-state index contributed by atoms with van der Waals surface area (Å²) in [7, 11) is 0. The summed E-state index contributed by atoms with van der Waals surface area (Å²) < 4.78 is 11.4. The third kappa shape index (κ3) is 5.09. The topological polar surface area (TPSA) is 124 Å². The van der Waals surface area contributed by atoms with Crippen molar-refractivity contribution in [2.24, 2.45) is 5.10 Å². The fourth-order valence-electron chi connectivity index (χ4n) is 4.10. The Morgan fingerprint density at radius 2 is 1.83 bits per heavy atom. The maximum absolute atomic E-state index is 12.9. The lowest BCUT2D eigenvalue weighted by Crippen LogP contribution is -2.22. The summed E-state index contributed by atoms with van der Waals surface area (Å²) in [6.45, 7) is 5.58. The van der Waals surface area contributed by atoms with Crippen LogP contribution in [0, 0.1) is 30.9 Å². The number of amides is 1. The molecule has 0 atom stereocenters. The summed E-state index contributed by atoms with van der Waals surface area (Å²) in [5.74, 6) is -0.127. The van der Waals surface area contributed by atoms with Crippen LogP contribution < -0.4 is 10.2 Å². The highest BCUT2D eigenvalue weighted by atomic mass is 35.5. The van der Waals surface area contributed by atoms with Gasteiger partial charge < -0.3 is 9.15 Å². The molecular formula is C25H22ClN3O6. The number of halogens is 1. The molecule has 0 saturated carbocycles. The minimum atomic E-state index is -0.661. The van der Waals surface area contributed by atoms with Crippen molar-refractivity contribution in [1.29, 1.82) is 0 Å². The molecule has 1 aliphatic rings. The van der Waals surface area contributed by atoms with Crippen LogP contribution in [0.5, 0.6) is 5.75 Å². The zero-order valence-corrected chi connectivity index (χ0v) is 20.1. The molecule has 0 bridgehead atoms. The number of nitrogens with one attached hydrogen (secondary N) is 1. The molecule has 2 aromatic carbocycles. The number of furan rings is 1. The molecule has 0 unspecified atom stereocenters. The minimum Gasteiger partial charge on any atom is -0.453 e. The van der Waals surface area contributed by atoms with Crippen molar-refractivity contribution in [1.82, 2.24) is 5.43 Å². The Kier molecular flexibility index (Phi) is 6.70. The standard InChI is InChI=1S/C25H22ClN3O6/c1-13-9-14(2)11-17(10-13)34-25(31)23-15(3)22-19(5-4-6-21(22)35-23)27-28-24(30)16-7-8-18(26)20(12-16)29(32)33/h7-12H,4-6H2,1-3H3,(H,28,30)/b27-19+. The molecule has 1 aliphatic carbocycles. The van der Waals surface area contributed by atoms with Gasteiger partial charge in [0.05, 0.1) is 10.6 Å². The fourth-order valence-corrected chi connectivity index (χ4v) is 4.28. The van der Waals surface area contributed by atoms with E-state index in [9.17, 15) is 19.7 Å². The predicted octanol–water partition coefficient (Wildman–Crippen LogP) is 5.46. The summed E-state index contributed by atoms with van der Waals surface area (Å²) >= 11 is 5.81. The average Bonchev–Trinajstić information content (AvgIpc) is 3.14. The number of fused-ring (bicyclic) bond motifs is 1. The molecule has 3 aromatic rings. The highest BCUT2D eigenvalue weighted by molar-refractivity contribution is 6.32. The number of carbonyl (C=O) groups excluding carboxylic acids is 2. The van der Waals surface area contributed by atoms with Gasteiger partial charge in [-0.2, -0.15) is 5.10 Å². The summed E-state index contributed by atoms with van der Waals surface area (Å²) in [6.07, 6.45) is 1.88. The summed E-state index contributed by atoms with van der Waals surface area (Å²) in [5, 5.41) is 15.3. The maximum Gasteiger partial charge on any atom is 0.379 e. The molecule has 0 aliphatic heterocycles. The molecule has 0 spiro atoms. The Labute approximate surface area is 205 Å². The van der Waals surface area contributed by atoms with Crippen LogP contribution in [-0.4, -0.2) is 22.5 Å². The van der Waals surface area contributed by atoms with E-state index in [-0.39, 0.29) is 22.0 Å². The van der Waals surface area contributed by atoms with Crippen LogP contribution in [0.25, 0.3) is 0 Å². The zero-order valence-electron chi connectivity index (χ0n) is 19.3. The van der Waals surface area contributed by atoms with Crippen molar-refractivity contribution in [3.63, 3.8) is 0 Å². The Bertz CT molecular complexity index is 1370. The van der Waals surface area contributed by atoms with Gasteiger partial charge in [0.15, 0.2) is 0 Å². The van der Waals surface area contributed by atoms with Crippen LogP contribution in [0.3, 0.4) is 0 Å². The number of nitro groups is 1. The number of carbonyl (C=O) groups is 2. The Hall–Kier alpha value is -3.98. The summed E-state index contributed by atoms with van der Waals surface area (Å²) in [6, 6.07) is 9.27. The fraction of sp³-hybridized carbons (Fsp3) is 0.240. The smallest absolute Gasteiger partial charge is 0.379 e. The molecular weight excluding hydrogens is 474 g/mol. The summed E-state index contributed by atoms with van der Waals surface area (Å²) in [5.41, 5.74) is 5.84. The molecule has 0 radical (unpaired) electrons. The highest BCUT2D eigenvalue weighted by Crippen LogP contribution is 2.31. The number of hydrogen-bond donors (Lipinski definition) is 1. The normalized spacial score (nSPS) is 13.9. The van der Waals surface area contributed by atoms with Crippen molar-refractivity contribution in [2.45, 2.75) is 40.0 Å². The van der Waals surface area contributed by atoms with E-state index in [0.29, 0.717) is 47.6 Å². The molecule has 0 saturated heterocycles. The van der Waals surface area contributed by atoms with Gasteiger partial charge >= 0.3 is 5.97 Å². The first-order valence-electron chi connectivity index (χ1n) is 10.9. The quantitative estimate of drug-likeness (QED) is 0.217. The van der Waals surface area contributed by atoms with Crippen LogP contribution in [0.2, 0.25) is 5.02 Å². The van der Waals surface area contributed by atoms with E-state index in [1.165, 1.54) is 12.1 Å². The number of benzene rings is 2. The first-order chi connectivity index (χ1) is 16.6. The second kappa shape index (κ2) is 9.71. The van der Waals surface area contributed by atoms with E-state index >= 15 is 0 Å². The van der Waals surface area contributed by atoms with Crippen LogP contribution in [0.15, 0.2) is 45.9 Å². The van der Waals surface area contributed by atoms with Gasteiger partial charge in [0, 0.05) is 29.2 Å². The molecule has 1 heterocycles. The molecule has 9 nitrogen and oxygen atoms in total. The highest BCUT2D eigenvalue weighted by Gasteiger charge is 2.29. The first kappa shape index (κ1) is 24.2. The zero-order chi connectivity index (χ0) is 25.3. The lowest BCUT2D eigenvalue weighted by molar-refractivity contribution is -0.384. The third-order valence-corrected chi connectivity index (χ3v) is 5.93. The molecule has 1 amide bonds. The van der Waals surface area contributed by atoms with Crippen molar-refractivity contribution >= 4 is 34.9 Å². The molecule has 4 rings (SSSR count). The van der Waals surface area contributed by atoms with Gasteiger partial charge in [-0.15, -0.1) is 0 Å². The Balaban J connectivity index is 1.57. The average molecular weight is 496 g/mol. The van der Waals surface area contributed by atoms with Crippen LogP contribution >= 0.6 is 11.6 Å². The maximum atomic E-state index is 12.9. The first-order valence-corrected chi connectivity index (χ1v) is 11.3. The van der Waals surface area contributed by atoms with Gasteiger partial charge in [0.1, 0.15) is 16.5 Å². The van der Waals surface area contributed by atoms with Gasteiger partial charge in [0.2, 0.25) is 5.76 Å². The predicted molar refractivity (Wildman–Crippen MR) is 129 cm³/mol. The van der Waals surface area contributed by atoms with E-state index in [1.807, 2.05) is 19.9 Å². The molecule has 180 valence electrons. The molecule has 35 heavy (non-hydrogen) atoms. The molecule has 0 fully saturated rings. The third-order valence-electron chi connectivity index (χ3n) is 5.61. The number of nitro benzene ring substituents is 1. The number of esters is 1. The van der Waals surface area contributed by atoms with Crippen molar-refractivity contribution < 1.29 is 23.7 Å². The van der Waals surface area contributed by atoms with E-state index in [0.717, 1.165) is 17.2 Å².